The molecule has 0 N–H and O–H groups in total. The van der Waals surface area contributed by atoms with Crippen LogP contribution in [0.4, 0.5) is 0 Å². The zero-order valence-electron chi connectivity index (χ0n) is 65.2. The van der Waals surface area contributed by atoms with Gasteiger partial charge in [-0.15, -0.1) is 0 Å². The number of hydrogen-bond acceptors (Lipinski definition) is 10. The van der Waals surface area contributed by atoms with Crippen LogP contribution in [0.15, 0.2) is 308 Å². The summed E-state index contributed by atoms with van der Waals surface area (Å²) in [5.74, 6) is 9.31. The number of rotatable bonds is 14. The van der Waals surface area contributed by atoms with Crippen molar-refractivity contribution in [2.24, 2.45) is 35.5 Å². The molecule has 0 unspecified atom stereocenters. The molecule has 9 fully saturated rings. The van der Waals surface area contributed by atoms with Crippen molar-refractivity contribution in [3.63, 3.8) is 0 Å². The van der Waals surface area contributed by atoms with E-state index in [9.17, 15) is 0 Å². The molecule has 0 spiro atoms. The Morgan fingerprint density at radius 2 is 0.526 bits per heavy atom. The zero-order chi connectivity index (χ0) is 77.0. The first-order chi connectivity index (χ1) is 55.6. The maximum Gasteiger partial charge on any atom is 0.494 e. The third kappa shape index (κ3) is 15.2. The van der Waals surface area contributed by atoms with Crippen molar-refractivity contribution in [1.82, 2.24) is 39.9 Å². The summed E-state index contributed by atoms with van der Waals surface area (Å²) < 4.78 is 13.6. The Kier molecular flexibility index (Phi) is 19.7. The van der Waals surface area contributed by atoms with E-state index >= 15 is 0 Å². The zero-order valence-corrected chi connectivity index (χ0v) is 66.8. The summed E-state index contributed by atoms with van der Waals surface area (Å²) >= 11 is 3.52. The molecule has 10 aromatic carbocycles. The van der Waals surface area contributed by atoms with Crippen LogP contribution in [0.2, 0.25) is 0 Å². The van der Waals surface area contributed by atoms with E-state index in [1.807, 2.05) is 146 Å². The number of benzene rings is 10. The number of nitrogens with zero attached hydrogens (tertiary/aromatic N) is 8. The largest absolute Gasteiger partial charge is 0.494 e. The lowest BCUT2D eigenvalue weighted by Crippen LogP contribution is -2.49. The predicted molar refractivity (Wildman–Crippen MR) is 465 cm³/mol. The lowest BCUT2D eigenvalue weighted by molar-refractivity contribution is -0.00723. The van der Waals surface area contributed by atoms with Crippen molar-refractivity contribution in [3.05, 3.63) is 319 Å². The molecule has 14 aromatic rings. The molecule has 23 rings (SSSR count). The molecule has 562 valence electrons. The predicted octanol–water partition coefficient (Wildman–Crippen LogP) is 24.6. The molecule has 8 aliphatic carbocycles. The maximum atomic E-state index is 6.29. The average molecular weight is 1550 g/mol. The van der Waals surface area contributed by atoms with Crippen LogP contribution >= 0.6 is 15.9 Å². The highest BCUT2D eigenvalue weighted by Crippen LogP contribution is 2.62. The van der Waals surface area contributed by atoms with Gasteiger partial charge in [0.25, 0.3) is 0 Å². The van der Waals surface area contributed by atoms with Crippen LogP contribution in [0.3, 0.4) is 0 Å². The van der Waals surface area contributed by atoms with Gasteiger partial charge >= 0.3 is 7.12 Å². The third-order valence-corrected chi connectivity index (χ3v) is 26.4. The Morgan fingerprint density at radius 3 is 0.868 bits per heavy atom. The Hall–Kier alpha value is -11.0. The number of pyridine rings is 2. The molecule has 8 bridgehead atoms. The van der Waals surface area contributed by atoms with Crippen molar-refractivity contribution >= 4 is 28.5 Å². The lowest BCUT2D eigenvalue weighted by atomic mass is 9.48. The minimum atomic E-state index is -0.342. The van der Waals surface area contributed by atoms with Gasteiger partial charge in [0.15, 0.2) is 34.9 Å². The molecular weight excluding hydrogens is 1460 g/mol. The highest BCUT2D eigenvalue weighted by Gasteiger charge is 2.55. The summed E-state index contributed by atoms with van der Waals surface area (Å²) in [6.45, 7) is 8.41. The number of hydrogen-bond donors (Lipinski definition) is 0. The van der Waals surface area contributed by atoms with Crippen molar-refractivity contribution in [2.75, 3.05) is 0 Å². The minimum Gasteiger partial charge on any atom is -0.399 e. The van der Waals surface area contributed by atoms with Crippen molar-refractivity contribution in [2.45, 2.75) is 127 Å². The molecule has 5 heterocycles. The summed E-state index contributed by atoms with van der Waals surface area (Å²) in [5, 5.41) is 0. The van der Waals surface area contributed by atoms with Crippen LogP contribution in [0.5, 0.6) is 0 Å². The van der Waals surface area contributed by atoms with Gasteiger partial charge in [0.2, 0.25) is 0 Å². The number of aromatic nitrogens is 8. The molecule has 8 saturated carbocycles. The van der Waals surface area contributed by atoms with E-state index in [1.54, 1.807) is 0 Å². The van der Waals surface area contributed by atoms with Gasteiger partial charge in [-0.25, -0.2) is 29.9 Å². The fourth-order valence-electron chi connectivity index (χ4n) is 20.3. The summed E-state index contributed by atoms with van der Waals surface area (Å²) in [6, 6.07) is 105. The first kappa shape index (κ1) is 73.2. The third-order valence-electron chi connectivity index (χ3n) is 25.9. The summed E-state index contributed by atoms with van der Waals surface area (Å²) in [5.41, 5.74) is 21.1. The van der Waals surface area contributed by atoms with Crippen molar-refractivity contribution in [1.29, 1.82) is 0 Å². The molecule has 1 aliphatic heterocycles. The summed E-state index contributed by atoms with van der Waals surface area (Å²) in [4.78, 5) is 39.8. The molecular formula is C102H92BBrN8O2. The Labute approximate surface area is 678 Å². The van der Waals surface area contributed by atoms with Crippen LogP contribution in [0, 0.1) is 35.5 Å². The first-order valence-corrected chi connectivity index (χ1v) is 41.8. The van der Waals surface area contributed by atoms with E-state index in [-0.39, 0.29) is 29.2 Å². The second kappa shape index (κ2) is 30.7. The van der Waals surface area contributed by atoms with Gasteiger partial charge in [-0.05, 0) is 222 Å². The van der Waals surface area contributed by atoms with E-state index in [2.05, 4.69) is 206 Å². The Morgan fingerprint density at radius 1 is 0.254 bits per heavy atom. The van der Waals surface area contributed by atoms with Crippen LogP contribution in [0.1, 0.15) is 116 Å². The molecule has 12 heteroatoms. The van der Waals surface area contributed by atoms with Gasteiger partial charge in [-0.2, -0.15) is 0 Å². The van der Waals surface area contributed by atoms with Gasteiger partial charge in [-0.1, -0.05) is 277 Å². The minimum absolute atomic E-state index is 0.227. The molecule has 0 atom stereocenters. The maximum absolute atomic E-state index is 6.29. The molecule has 4 aromatic heterocycles. The molecule has 9 aliphatic rings. The molecule has 0 radical (unpaired) electrons. The van der Waals surface area contributed by atoms with Gasteiger partial charge in [0, 0.05) is 71.2 Å². The monoisotopic (exact) mass is 1550 g/mol. The Bertz CT molecular complexity index is 5580. The van der Waals surface area contributed by atoms with E-state index in [4.69, 9.17) is 44.2 Å². The van der Waals surface area contributed by atoms with E-state index in [1.165, 1.54) is 111 Å². The van der Waals surface area contributed by atoms with Crippen LogP contribution in [-0.4, -0.2) is 58.2 Å². The smallest absolute Gasteiger partial charge is 0.399 e. The Balaban J connectivity index is 0.000000123. The molecule has 1 saturated heterocycles. The summed E-state index contributed by atoms with van der Waals surface area (Å²) in [7, 11) is -0.342. The van der Waals surface area contributed by atoms with Gasteiger partial charge in [0.05, 0.1) is 22.6 Å². The average Bonchev–Trinajstić information content (AvgIpc) is 0.744. The standard InChI is InChI=1S/C48H40N4.C33H38BNO2.C21H14BrN3/c1-4-11-35(12-5-1)42-27-43(49-44(28-42)48-29-32-23-33(30-48)25-34(24-32)31-48)37-21-19-36(20-22-37)40-17-10-18-41(26-40)47-51-45(38-13-6-2-7-14-38)50-46(52-47)39-15-8-3-9-16-39;1-31(2)32(3,4)37-34(36-31)28-12-10-26(11-13-28)29-17-27(25-8-6-5-7-9-25)18-30(35-29)33-19-22-14-23(20-33)16-24(15-22)21-33;22-18-13-7-12-17(14-18)21-24-19(15-8-3-1-4-9-15)23-20(25-21)16-10-5-2-6-11-16/h1-22,26-28,32-34H,23-25,29-31H2;5-13,17-18,22-24H,14-16,19-21H2,1-4H3;1-14H. The van der Waals surface area contributed by atoms with Crippen molar-refractivity contribution < 1.29 is 9.31 Å². The summed E-state index contributed by atoms with van der Waals surface area (Å²) in [6.07, 6.45) is 16.5. The lowest BCUT2D eigenvalue weighted by Gasteiger charge is -2.56. The highest BCUT2D eigenvalue weighted by atomic mass is 79.9. The van der Waals surface area contributed by atoms with Gasteiger partial charge in [-0.3, -0.25) is 9.97 Å². The molecule has 10 nitrogen and oxygen atoms in total. The van der Waals surface area contributed by atoms with E-state index < -0.39 is 0 Å². The van der Waals surface area contributed by atoms with E-state index in [0.717, 1.165) is 112 Å². The normalized spacial score (nSPS) is 22.3. The van der Waals surface area contributed by atoms with Crippen LogP contribution in [0.25, 0.3) is 124 Å². The highest BCUT2D eigenvalue weighted by molar-refractivity contribution is 9.10. The number of halogens is 1. The van der Waals surface area contributed by atoms with Crippen LogP contribution < -0.4 is 5.46 Å². The SMILES string of the molecule is Brc1cccc(-c2nc(-c3ccccc3)nc(-c3ccccc3)n2)c1.CC1(C)OB(c2ccc(-c3cc(-c4ccccc4)cc(C45CC6CC(CC(C6)C4)C5)n3)cc2)OC1(C)C.c1ccc(-c2cc(-c3ccc(-c4cccc(-c5nc(-c6ccccc6)nc(-c6ccccc6)n5)c4)cc3)nc(C34CC5CC(CC(C5)C3)C4)c2)cc1. The van der Waals surface area contributed by atoms with Crippen molar-refractivity contribution in [3.8, 4) is 124 Å². The van der Waals surface area contributed by atoms with Gasteiger partial charge < -0.3 is 9.31 Å². The topological polar surface area (TPSA) is 122 Å². The second-order valence-corrected chi connectivity index (χ2v) is 35.3. The van der Waals surface area contributed by atoms with Gasteiger partial charge in [0.1, 0.15) is 0 Å². The molecule has 0 amide bonds. The second-order valence-electron chi connectivity index (χ2n) is 34.3. The van der Waals surface area contributed by atoms with Crippen LogP contribution in [-0.2, 0) is 20.1 Å². The quantitative estimate of drug-likeness (QED) is 0.0973. The fraction of sp³-hybridized carbons (Fsp3) is 0.255. The fourth-order valence-corrected chi connectivity index (χ4v) is 20.7. The van der Waals surface area contributed by atoms with E-state index in [0.29, 0.717) is 34.9 Å². The first-order valence-electron chi connectivity index (χ1n) is 41.0. The molecule has 114 heavy (non-hydrogen) atoms.